The van der Waals surface area contributed by atoms with Crippen LogP contribution in [-0.2, 0) is 6.42 Å². The molecule has 0 radical (unpaired) electrons. The number of hydrogen-bond donors (Lipinski definition) is 2. The average molecular weight is 259 g/mol. The Hall–Kier alpha value is -2.00. The molecule has 18 heavy (non-hydrogen) atoms. The molecule has 1 aromatic heterocycles. The fourth-order valence-corrected chi connectivity index (χ4v) is 2.21. The van der Waals surface area contributed by atoms with Crippen molar-refractivity contribution in [3.63, 3.8) is 0 Å². The van der Waals surface area contributed by atoms with Gasteiger partial charge in [0.05, 0.1) is 10.5 Å². The van der Waals surface area contributed by atoms with Crippen LogP contribution in [-0.4, -0.2) is 15.1 Å². The summed E-state index contributed by atoms with van der Waals surface area (Å²) in [5.41, 5.74) is 2.72. The Balaban J connectivity index is 1.98. The monoisotopic (exact) mass is 258 g/mol. The zero-order valence-corrected chi connectivity index (χ0v) is 10.3. The van der Waals surface area contributed by atoms with Crippen molar-refractivity contribution in [3.05, 3.63) is 58.9 Å². The highest BCUT2D eigenvalue weighted by molar-refractivity contribution is 6.34. The van der Waals surface area contributed by atoms with E-state index in [1.165, 1.54) is 0 Å². The number of phenolic OH excluding ortho intramolecular Hbond substituents is 1. The molecule has 0 fully saturated rings. The zero-order chi connectivity index (χ0) is 12.5. The minimum atomic E-state index is 0.265. The van der Waals surface area contributed by atoms with E-state index in [1.54, 1.807) is 12.1 Å². The Bertz CT molecular complexity index is 706. The normalized spacial score (nSPS) is 10.9. The summed E-state index contributed by atoms with van der Waals surface area (Å²) < 4.78 is 0. The number of rotatable bonds is 2. The number of hydrogen-bond acceptors (Lipinski definition) is 2. The van der Waals surface area contributed by atoms with Gasteiger partial charge >= 0.3 is 0 Å². The lowest BCUT2D eigenvalue weighted by Gasteiger charge is -1.98. The van der Waals surface area contributed by atoms with E-state index in [0.717, 1.165) is 22.4 Å². The smallest absolute Gasteiger partial charge is 0.115 e. The van der Waals surface area contributed by atoms with Gasteiger partial charge in [-0.3, -0.25) is 0 Å². The number of fused-ring (bicyclic) bond motifs is 1. The van der Waals surface area contributed by atoms with E-state index >= 15 is 0 Å². The van der Waals surface area contributed by atoms with Gasteiger partial charge in [0.15, 0.2) is 0 Å². The number of phenols is 1. The highest BCUT2D eigenvalue weighted by Gasteiger charge is 2.06. The highest BCUT2D eigenvalue weighted by atomic mass is 35.5. The van der Waals surface area contributed by atoms with E-state index < -0.39 is 0 Å². The van der Waals surface area contributed by atoms with E-state index in [4.69, 9.17) is 11.6 Å². The molecule has 4 heteroatoms. The Labute approximate surface area is 109 Å². The Morgan fingerprint density at radius 2 is 2.00 bits per heavy atom. The topological polar surface area (TPSA) is 48.9 Å². The quantitative estimate of drug-likeness (QED) is 0.739. The second-order valence-corrected chi connectivity index (χ2v) is 4.57. The van der Waals surface area contributed by atoms with Crippen LogP contribution in [0.2, 0.25) is 5.02 Å². The van der Waals surface area contributed by atoms with E-state index in [9.17, 15) is 5.11 Å². The van der Waals surface area contributed by atoms with Gasteiger partial charge in [0.2, 0.25) is 0 Å². The number of para-hydroxylation sites is 1. The maximum absolute atomic E-state index is 9.42. The lowest BCUT2D eigenvalue weighted by Crippen LogP contribution is -1.89. The first kappa shape index (κ1) is 11.1. The number of aromatic hydroxyl groups is 1. The van der Waals surface area contributed by atoms with Gasteiger partial charge in [-0.25, -0.2) is 4.98 Å². The van der Waals surface area contributed by atoms with Gasteiger partial charge in [-0.1, -0.05) is 29.8 Å². The molecule has 0 aliphatic rings. The van der Waals surface area contributed by atoms with Crippen molar-refractivity contribution in [1.82, 2.24) is 9.97 Å². The van der Waals surface area contributed by atoms with Crippen molar-refractivity contribution in [3.8, 4) is 5.75 Å². The molecule has 3 aromatic rings. The highest BCUT2D eigenvalue weighted by Crippen LogP contribution is 2.22. The number of benzene rings is 2. The van der Waals surface area contributed by atoms with E-state index in [-0.39, 0.29) is 5.75 Å². The fraction of sp³-hybridized carbons (Fsp3) is 0.0714. The number of aromatic nitrogens is 2. The molecule has 0 aliphatic carbocycles. The molecule has 0 unspecified atom stereocenters. The van der Waals surface area contributed by atoms with Crippen LogP contribution in [0.4, 0.5) is 0 Å². The third-order valence-corrected chi connectivity index (χ3v) is 3.10. The number of H-pyrrole nitrogens is 1. The van der Waals surface area contributed by atoms with Gasteiger partial charge in [-0.2, -0.15) is 0 Å². The summed E-state index contributed by atoms with van der Waals surface area (Å²) in [7, 11) is 0. The van der Waals surface area contributed by atoms with Gasteiger partial charge in [0, 0.05) is 6.42 Å². The maximum Gasteiger partial charge on any atom is 0.115 e. The molecule has 0 spiro atoms. The van der Waals surface area contributed by atoms with E-state index in [1.807, 2.05) is 30.3 Å². The van der Waals surface area contributed by atoms with Crippen LogP contribution in [0.3, 0.4) is 0 Å². The Kier molecular flexibility index (Phi) is 2.68. The van der Waals surface area contributed by atoms with Crippen LogP contribution in [0.5, 0.6) is 5.75 Å². The molecular formula is C14H11ClN2O. The number of nitrogens with zero attached hydrogens (tertiary/aromatic N) is 1. The average Bonchev–Trinajstić information content (AvgIpc) is 2.73. The summed E-state index contributed by atoms with van der Waals surface area (Å²) in [4.78, 5) is 7.70. The fourth-order valence-electron chi connectivity index (χ4n) is 1.99. The maximum atomic E-state index is 9.42. The van der Waals surface area contributed by atoms with Crippen molar-refractivity contribution < 1.29 is 5.11 Å². The number of nitrogens with one attached hydrogen (secondary N) is 1. The predicted octanol–water partition coefficient (Wildman–Crippen LogP) is 3.51. The van der Waals surface area contributed by atoms with E-state index in [0.29, 0.717) is 11.4 Å². The zero-order valence-electron chi connectivity index (χ0n) is 9.52. The molecule has 0 bridgehead atoms. The lowest BCUT2D eigenvalue weighted by atomic mass is 10.1. The lowest BCUT2D eigenvalue weighted by molar-refractivity contribution is 0.474. The number of aromatic amines is 1. The van der Waals surface area contributed by atoms with Crippen LogP contribution in [0.1, 0.15) is 11.4 Å². The molecule has 90 valence electrons. The van der Waals surface area contributed by atoms with Crippen LogP contribution in [0, 0.1) is 0 Å². The molecule has 0 atom stereocenters. The SMILES string of the molecule is Oc1cccc(Cc2nc3c(Cl)cccc3[nH]2)c1. The molecule has 1 heterocycles. The molecule has 3 rings (SSSR count). The molecule has 0 amide bonds. The van der Waals surface area contributed by atoms with Crippen LogP contribution < -0.4 is 0 Å². The molecule has 3 nitrogen and oxygen atoms in total. The predicted molar refractivity (Wildman–Crippen MR) is 72.0 cm³/mol. The van der Waals surface area contributed by atoms with Crippen LogP contribution in [0.25, 0.3) is 11.0 Å². The Morgan fingerprint density at radius 1 is 1.17 bits per heavy atom. The third kappa shape index (κ3) is 2.05. The Morgan fingerprint density at radius 3 is 2.78 bits per heavy atom. The molecular weight excluding hydrogens is 248 g/mol. The minimum absolute atomic E-state index is 0.265. The van der Waals surface area contributed by atoms with Gasteiger partial charge in [0.25, 0.3) is 0 Å². The second kappa shape index (κ2) is 4.35. The number of imidazole rings is 1. The summed E-state index contributed by atoms with van der Waals surface area (Å²) in [5, 5.41) is 10.1. The first-order valence-corrected chi connectivity index (χ1v) is 6.01. The number of halogens is 1. The van der Waals surface area contributed by atoms with Crippen molar-refractivity contribution >= 4 is 22.6 Å². The van der Waals surface area contributed by atoms with Crippen molar-refractivity contribution in [2.75, 3.05) is 0 Å². The van der Waals surface area contributed by atoms with Gasteiger partial charge in [-0.05, 0) is 29.8 Å². The summed E-state index contributed by atoms with van der Waals surface area (Å²) in [6.45, 7) is 0. The van der Waals surface area contributed by atoms with Gasteiger partial charge in [0.1, 0.15) is 17.1 Å². The first-order valence-electron chi connectivity index (χ1n) is 5.63. The van der Waals surface area contributed by atoms with Crippen molar-refractivity contribution in [1.29, 1.82) is 0 Å². The van der Waals surface area contributed by atoms with Crippen LogP contribution in [0.15, 0.2) is 42.5 Å². The molecule has 0 aliphatic heterocycles. The van der Waals surface area contributed by atoms with E-state index in [2.05, 4.69) is 9.97 Å². The third-order valence-electron chi connectivity index (χ3n) is 2.79. The summed E-state index contributed by atoms with van der Waals surface area (Å²) in [6.07, 6.45) is 0.638. The van der Waals surface area contributed by atoms with Gasteiger partial charge in [-0.15, -0.1) is 0 Å². The molecule has 0 saturated heterocycles. The molecule has 0 saturated carbocycles. The first-order chi connectivity index (χ1) is 8.72. The minimum Gasteiger partial charge on any atom is -0.508 e. The second-order valence-electron chi connectivity index (χ2n) is 4.17. The summed E-state index contributed by atoms with van der Waals surface area (Å²) in [5.74, 6) is 1.10. The standard InChI is InChI=1S/C14H11ClN2O/c15-11-5-2-6-12-14(11)17-13(16-12)8-9-3-1-4-10(18)7-9/h1-7,18H,8H2,(H,16,17). The molecule has 2 aromatic carbocycles. The van der Waals surface area contributed by atoms with Gasteiger partial charge < -0.3 is 10.1 Å². The summed E-state index contributed by atoms with van der Waals surface area (Å²) >= 11 is 6.08. The summed E-state index contributed by atoms with van der Waals surface area (Å²) in [6, 6.07) is 12.8. The van der Waals surface area contributed by atoms with Crippen molar-refractivity contribution in [2.24, 2.45) is 0 Å². The van der Waals surface area contributed by atoms with Crippen LogP contribution >= 0.6 is 11.6 Å². The molecule has 2 N–H and O–H groups in total. The largest absolute Gasteiger partial charge is 0.508 e. The van der Waals surface area contributed by atoms with Crippen molar-refractivity contribution in [2.45, 2.75) is 6.42 Å².